The number of hydrazone groups is 1. The molecule has 1 aromatic carbocycles. The number of carbonyl (C=O) groups excluding carboxylic acids is 1. The number of hydrogen-bond donors (Lipinski definition) is 1. The Bertz CT molecular complexity index is 920. The summed E-state index contributed by atoms with van der Waals surface area (Å²) in [5.41, 5.74) is 0.503. The fourth-order valence-electron chi connectivity index (χ4n) is 2.71. The van der Waals surface area contributed by atoms with Gasteiger partial charge in [-0.2, -0.15) is 0 Å². The Balaban J connectivity index is 1.89. The number of nitrogens with one attached hydrogen (secondary N) is 1. The largest absolute Gasteiger partial charge is 0.465 e. The Morgan fingerprint density at radius 3 is 2.96 bits per heavy atom. The lowest BCUT2D eigenvalue weighted by atomic mass is 10.1. The van der Waals surface area contributed by atoms with Crippen LogP contribution in [0.2, 0.25) is 0 Å². The summed E-state index contributed by atoms with van der Waals surface area (Å²) in [5, 5.41) is 11.3. The Kier molecular flexibility index (Phi) is 3.86. The van der Waals surface area contributed by atoms with Crippen LogP contribution in [0, 0.1) is 0 Å². The van der Waals surface area contributed by atoms with Crippen LogP contribution in [0.25, 0.3) is 5.70 Å². The average Bonchev–Trinajstić information content (AvgIpc) is 3.13. The zero-order valence-corrected chi connectivity index (χ0v) is 13.9. The summed E-state index contributed by atoms with van der Waals surface area (Å²) in [6, 6.07) is 11.2. The molecule has 1 amide bonds. The minimum Gasteiger partial charge on any atom is -0.465 e. The van der Waals surface area contributed by atoms with E-state index in [1.54, 1.807) is 11.3 Å². The molecule has 6 nitrogen and oxygen atoms in total. The van der Waals surface area contributed by atoms with Crippen molar-refractivity contribution in [2.24, 2.45) is 10.1 Å². The molecule has 2 aliphatic rings. The predicted molar refractivity (Wildman–Crippen MR) is 92.2 cm³/mol. The van der Waals surface area contributed by atoms with Gasteiger partial charge in [0.2, 0.25) is 6.17 Å². The highest BCUT2D eigenvalue weighted by Crippen LogP contribution is 2.30. The summed E-state index contributed by atoms with van der Waals surface area (Å²) in [6.07, 6.45) is 2.13. The van der Waals surface area contributed by atoms with E-state index >= 15 is 0 Å². The molecule has 122 valence electrons. The van der Waals surface area contributed by atoms with Crippen molar-refractivity contribution in [2.75, 3.05) is 5.75 Å². The number of rotatable bonds is 3. The van der Waals surface area contributed by atoms with Gasteiger partial charge in [-0.05, 0) is 24.6 Å². The van der Waals surface area contributed by atoms with Gasteiger partial charge in [-0.1, -0.05) is 36.9 Å². The summed E-state index contributed by atoms with van der Waals surface area (Å²) < 4.78 is 5.53. The van der Waals surface area contributed by atoms with Gasteiger partial charge in [-0.15, -0.1) is 5.10 Å². The van der Waals surface area contributed by atoms with E-state index in [1.807, 2.05) is 36.4 Å². The molecule has 3 heterocycles. The average molecular weight is 340 g/mol. The SMILES string of the molecule is CCCSC1=NN2C(=c3ccccc3=NC2c2ccco2)C(=O)N1. The Hall–Kier alpha value is -2.54. The van der Waals surface area contributed by atoms with Crippen LogP contribution < -0.4 is 15.9 Å². The van der Waals surface area contributed by atoms with Crippen molar-refractivity contribution < 1.29 is 9.21 Å². The first-order valence-corrected chi connectivity index (χ1v) is 8.79. The van der Waals surface area contributed by atoms with Crippen molar-refractivity contribution in [3.63, 3.8) is 0 Å². The van der Waals surface area contributed by atoms with Crippen molar-refractivity contribution >= 4 is 28.5 Å². The molecule has 4 rings (SSSR count). The number of hydrogen-bond acceptors (Lipinski definition) is 6. The van der Waals surface area contributed by atoms with Crippen LogP contribution in [0.5, 0.6) is 0 Å². The minimum absolute atomic E-state index is 0.164. The molecule has 0 bridgehead atoms. The molecule has 0 saturated heterocycles. The molecule has 7 heteroatoms. The first-order valence-electron chi connectivity index (χ1n) is 7.80. The normalized spacial score (nSPS) is 19.1. The quantitative estimate of drug-likeness (QED) is 0.921. The molecule has 1 atom stereocenters. The molecule has 24 heavy (non-hydrogen) atoms. The highest BCUT2D eigenvalue weighted by Gasteiger charge is 2.35. The Labute approximate surface area is 142 Å². The molecule has 0 radical (unpaired) electrons. The van der Waals surface area contributed by atoms with E-state index in [9.17, 15) is 4.79 Å². The van der Waals surface area contributed by atoms with Gasteiger partial charge < -0.3 is 4.42 Å². The van der Waals surface area contributed by atoms with Gasteiger partial charge in [0.15, 0.2) is 5.17 Å². The first-order chi connectivity index (χ1) is 11.8. The number of amidine groups is 1. The summed E-state index contributed by atoms with van der Waals surface area (Å²) in [6.45, 7) is 2.09. The van der Waals surface area contributed by atoms with E-state index in [0.717, 1.165) is 22.7 Å². The topological polar surface area (TPSA) is 70.2 Å². The molecule has 2 aromatic rings. The monoisotopic (exact) mass is 340 g/mol. The minimum atomic E-state index is -0.479. The lowest BCUT2D eigenvalue weighted by Crippen LogP contribution is -2.50. The second-order valence-electron chi connectivity index (χ2n) is 5.44. The second kappa shape index (κ2) is 6.16. The number of benzene rings is 1. The fourth-order valence-corrected chi connectivity index (χ4v) is 3.42. The molecule has 0 fully saturated rings. The number of furan rings is 1. The van der Waals surface area contributed by atoms with Crippen molar-refractivity contribution in [2.45, 2.75) is 19.5 Å². The van der Waals surface area contributed by atoms with Gasteiger partial charge in [0.05, 0.1) is 11.6 Å². The Morgan fingerprint density at radius 2 is 2.17 bits per heavy atom. The summed E-state index contributed by atoms with van der Waals surface area (Å²) >= 11 is 1.53. The van der Waals surface area contributed by atoms with Gasteiger partial charge in [-0.25, -0.2) is 10.0 Å². The number of thioether (sulfide) groups is 1. The summed E-state index contributed by atoms with van der Waals surface area (Å²) in [7, 11) is 0. The van der Waals surface area contributed by atoms with Gasteiger partial charge in [0.1, 0.15) is 11.5 Å². The van der Waals surface area contributed by atoms with E-state index in [4.69, 9.17) is 9.41 Å². The van der Waals surface area contributed by atoms with Gasteiger partial charge >= 0.3 is 0 Å². The standard InChI is InChI=1S/C17H16N4O2S/c1-2-10-24-17-19-16(22)14-11-6-3-4-7-12(11)18-15(21(14)20-17)13-8-5-9-23-13/h3-9,15H,2,10H2,1H3,(H,19,20,22). The zero-order valence-electron chi connectivity index (χ0n) is 13.1. The first kappa shape index (κ1) is 15.0. The van der Waals surface area contributed by atoms with Crippen LogP contribution in [-0.2, 0) is 4.79 Å². The maximum atomic E-state index is 12.7. The van der Waals surface area contributed by atoms with E-state index < -0.39 is 6.17 Å². The maximum absolute atomic E-state index is 12.7. The second-order valence-corrected chi connectivity index (χ2v) is 6.52. The molecular weight excluding hydrogens is 324 g/mol. The van der Waals surface area contributed by atoms with Crippen LogP contribution >= 0.6 is 11.8 Å². The van der Waals surface area contributed by atoms with Crippen LogP contribution in [0.15, 0.2) is 57.2 Å². The third-order valence-electron chi connectivity index (χ3n) is 3.76. The van der Waals surface area contributed by atoms with E-state index in [1.165, 1.54) is 11.8 Å². The summed E-state index contributed by atoms with van der Waals surface area (Å²) in [4.78, 5) is 17.5. The molecule has 1 N–H and O–H groups in total. The summed E-state index contributed by atoms with van der Waals surface area (Å²) in [5.74, 6) is 1.38. The van der Waals surface area contributed by atoms with Crippen molar-refractivity contribution in [3.05, 3.63) is 59.0 Å². The van der Waals surface area contributed by atoms with E-state index in [-0.39, 0.29) is 5.91 Å². The maximum Gasteiger partial charge on any atom is 0.276 e. The van der Waals surface area contributed by atoms with Gasteiger partial charge in [0.25, 0.3) is 5.91 Å². The zero-order chi connectivity index (χ0) is 16.5. The number of para-hydroxylation sites is 1. The van der Waals surface area contributed by atoms with E-state index in [0.29, 0.717) is 16.6 Å². The van der Waals surface area contributed by atoms with Crippen molar-refractivity contribution in [1.29, 1.82) is 0 Å². The number of fused-ring (bicyclic) bond motifs is 2. The number of carbonyl (C=O) groups is 1. The smallest absolute Gasteiger partial charge is 0.276 e. The molecule has 1 aromatic heterocycles. The molecule has 0 spiro atoms. The highest BCUT2D eigenvalue weighted by molar-refractivity contribution is 8.13. The van der Waals surface area contributed by atoms with E-state index in [2.05, 4.69) is 17.3 Å². The molecule has 2 aliphatic heterocycles. The van der Waals surface area contributed by atoms with Crippen molar-refractivity contribution in [3.8, 4) is 0 Å². The third-order valence-corrected chi connectivity index (χ3v) is 4.83. The lowest BCUT2D eigenvalue weighted by Gasteiger charge is -2.32. The van der Waals surface area contributed by atoms with Crippen LogP contribution in [0.3, 0.4) is 0 Å². The lowest BCUT2D eigenvalue weighted by molar-refractivity contribution is -0.116. The molecule has 1 unspecified atom stereocenters. The predicted octanol–water partition coefficient (Wildman–Crippen LogP) is 1.57. The number of amides is 1. The van der Waals surface area contributed by atoms with Crippen molar-refractivity contribution in [1.82, 2.24) is 10.3 Å². The van der Waals surface area contributed by atoms with Crippen LogP contribution in [-0.4, -0.2) is 21.8 Å². The third kappa shape index (κ3) is 2.50. The highest BCUT2D eigenvalue weighted by atomic mass is 32.2. The van der Waals surface area contributed by atoms with Crippen LogP contribution in [0.4, 0.5) is 0 Å². The Morgan fingerprint density at radius 1 is 1.29 bits per heavy atom. The molecular formula is C17H16N4O2S. The van der Waals surface area contributed by atoms with Crippen LogP contribution in [0.1, 0.15) is 25.3 Å². The fraction of sp³-hybridized carbons (Fsp3) is 0.235. The number of nitrogens with zero attached hydrogens (tertiary/aromatic N) is 3. The van der Waals surface area contributed by atoms with Gasteiger partial charge in [0, 0.05) is 11.0 Å². The van der Waals surface area contributed by atoms with Gasteiger partial charge in [-0.3, -0.25) is 10.1 Å². The molecule has 0 saturated carbocycles. The molecule has 0 aliphatic carbocycles.